The maximum Gasteiger partial charge on any atom is 0.0480 e. The van der Waals surface area contributed by atoms with Crippen LogP contribution in [0.5, 0.6) is 0 Å². The number of hydrogen-bond acceptors (Lipinski definition) is 2. The number of aromatic amines is 1. The molecule has 0 amide bonds. The molecule has 2 atom stereocenters. The van der Waals surface area contributed by atoms with Gasteiger partial charge in [0.1, 0.15) is 0 Å². The second-order valence-electron chi connectivity index (χ2n) is 8.66. The van der Waals surface area contributed by atoms with E-state index in [2.05, 4.69) is 96.7 Å². The zero-order valence-corrected chi connectivity index (χ0v) is 18.0. The van der Waals surface area contributed by atoms with E-state index in [9.17, 15) is 0 Å². The lowest BCUT2D eigenvalue weighted by Crippen LogP contribution is -2.27. The summed E-state index contributed by atoms with van der Waals surface area (Å²) < 4.78 is 0. The number of nitrogens with zero attached hydrogens (tertiary/aromatic N) is 1. The van der Waals surface area contributed by atoms with Gasteiger partial charge in [-0.3, -0.25) is 4.98 Å². The quantitative estimate of drug-likeness (QED) is 0.410. The summed E-state index contributed by atoms with van der Waals surface area (Å²) in [7, 11) is 0. The lowest BCUT2D eigenvalue weighted by molar-refractivity contribution is 0.410. The molecule has 152 valence electrons. The number of aromatic nitrogens is 2. The molecule has 3 heteroatoms. The average molecular weight is 396 g/mol. The number of fused-ring (bicyclic) bond motifs is 3. The van der Waals surface area contributed by atoms with E-state index in [1.807, 2.05) is 0 Å². The normalized spacial score (nSPS) is 17.1. The molecule has 2 heterocycles. The predicted octanol–water partition coefficient (Wildman–Crippen LogP) is 6.57. The van der Waals surface area contributed by atoms with E-state index in [0.717, 1.165) is 17.8 Å². The van der Waals surface area contributed by atoms with Gasteiger partial charge in [0.05, 0.1) is 0 Å². The SMILES string of the molecule is Cc1cc(-c2ccc3[nH]c4c(c3c2)CCCC4NC(C)c2ccccc2)cc(C)n1. The first-order chi connectivity index (χ1) is 14.6. The molecule has 5 rings (SSSR count). The summed E-state index contributed by atoms with van der Waals surface area (Å²) in [5, 5.41) is 5.24. The fraction of sp³-hybridized carbons (Fsp3) is 0.296. The highest BCUT2D eigenvalue weighted by atomic mass is 15.0. The van der Waals surface area contributed by atoms with E-state index < -0.39 is 0 Å². The van der Waals surface area contributed by atoms with Gasteiger partial charge in [0.15, 0.2) is 0 Å². The van der Waals surface area contributed by atoms with Crippen LogP contribution in [0, 0.1) is 13.8 Å². The number of pyridine rings is 1. The number of nitrogens with one attached hydrogen (secondary N) is 2. The monoisotopic (exact) mass is 395 g/mol. The van der Waals surface area contributed by atoms with Crippen LogP contribution in [0.1, 0.15) is 60.1 Å². The van der Waals surface area contributed by atoms with Crippen molar-refractivity contribution in [2.24, 2.45) is 0 Å². The van der Waals surface area contributed by atoms with Crippen LogP contribution in [0.25, 0.3) is 22.0 Å². The second kappa shape index (κ2) is 7.73. The average Bonchev–Trinajstić information content (AvgIpc) is 3.13. The van der Waals surface area contributed by atoms with Gasteiger partial charge in [0.25, 0.3) is 0 Å². The lowest BCUT2D eigenvalue weighted by atomic mass is 9.90. The molecular weight excluding hydrogens is 366 g/mol. The van der Waals surface area contributed by atoms with Gasteiger partial charge in [0, 0.05) is 40.1 Å². The molecule has 0 fully saturated rings. The van der Waals surface area contributed by atoms with E-state index in [1.165, 1.54) is 51.7 Å². The summed E-state index contributed by atoms with van der Waals surface area (Å²) in [6.07, 6.45) is 3.54. The number of aryl methyl sites for hydroxylation is 3. The van der Waals surface area contributed by atoms with Crippen LogP contribution < -0.4 is 5.32 Å². The van der Waals surface area contributed by atoms with Gasteiger partial charge in [-0.25, -0.2) is 0 Å². The van der Waals surface area contributed by atoms with Crippen molar-refractivity contribution < 1.29 is 0 Å². The van der Waals surface area contributed by atoms with E-state index >= 15 is 0 Å². The van der Waals surface area contributed by atoms with Crippen molar-refractivity contribution >= 4 is 10.9 Å². The zero-order valence-electron chi connectivity index (χ0n) is 18.0. The highest BCUT2D eigenvalue weighted by molar-refractivity contribution is 5.89. The molecule has 2 aromatic heterocycles. The summed E-state index contributed by atoms with van der Waals surface area (Å²) in [6.45, 7) is 6.40. The van der Waals surface area contributed by atoms with Crippen LogP contribution in [-0.4, -0.2) is 9.97 Å². The van der Waals surface area contributed by atoms with Crippen LogP contribution >= 0.6 is 0 Å². The molecule has 3 nitrogen and oxygen atoms in total. The van der Waals surface area contributed by atoms with E-state index in [4.69, 9.17) is 0 Å². The maximum absolute atomic E-state index is 4.53. The Balaban J connectivity index is 1.50. The molecule has 2 unspecified atom stereocenters. The summed E-state index contributed by atoms with van der Waals surface area (Å²) in [5.41, 5.74) is 10.1. The number of H-pyrrole nitrogens is 1. The van der Waals surface area contributed by atoms with Crippen molar-refractivity contribution in [3.63, 3.8) is 0 Å². The summed E-state index contributed by atoms with van der Waals surface area (Å²) in [6, 6.07) is 22.6. The number of rotatable bonds is 4. The Morgan fingerprint density at radius 2 is 1.73 bits per heavy atom. The number of hydrogen-bond donors (Lipinski definition) is 2. The molecule has 0 aliphatic heterocycles. The molecule has 0 radical (unpaired) electrons. The van der Waals surface area contributed by atoms with Gasteiger partial charge in [0.2, 0.25) is 0 Å². The van der Waals surface area contributed by atoms with Crippen molar-refractivity contribution in [3.8, 4) is 11.1 Å². The third-order valence-corrected chi connectivity index (χ3v) is 6.37. The van der Waals surface area contributed by atoms with Crippen LogP contribution in [0.15, 0.2) is 60.7 Å². The smallest absolute Gasteiger partial charge is 0.0480 e. The van der Waals surface area contributed by atoms with Crippen molar-refractivity contribution in [3.05, 3.63) is 88.9 Å². The van der Waals surface area contributed by atoms with Crippen LogP contribution in [0.3, 0.4) is 0 Å². The highest BCUT2D eigenvalue weighted by Crippen LogP contribution is 2.37. The predicted molar refractivity (Wildman–Crippen MR) is 125 cm³/mol. The van der Waals surface area contributed by atoms with Gasteiger partial charge in [-0.1, -0.05) is 36.4 Å². The summed E-state index contributed by atoms with van der Waals surface area (Å²) in [4.78, 5) is 8.28. The molecule has 0 bridgehead atoms. The topological polar surface area (TPSA) is 40.7 Å². The van der Waals surface area contributed by atoms with Crippen molar-refractivity contribution in [2.45, 2.75) is 52.1 Å². The van der Waals surface area contributed by atoms with Crippen molar-refractivity contribution in [1.82, 2.24) is 15.3 Å². The first-order valence-corrected chi connectivity index (χ1v) is 11.0. The van der Waals surface area contributed by atoms with E-state index in [0.29, 0.717) is 12.1 Å². The Labute approximate surface area is 178 Å². The molecule has 30 heavy (non-hydrogen) atoms. The molecule has 0 spiro atoms. The Morgan fingerprint density at radius 3 is 2.50 bits per heavy atom. The molecule has 0 saturated carbocycles. The van der Waals surface area contributed by atoms with Gasteiger partial charge in [-0.2, -0.15) is 0 Å². The Hall–Kier alpha value is -2.91. The second-order valence-corrected chi connectivity index (χ2v) is 8.66. The Bertz CT molecular complexity index is 1170. The first-order valence-electron chi connectivity index (χ1n) is 11.0. The number of benzene rings is 2. The van der Waals surface area contributed by atoms with Crippen molar-refractivity contribution in [1.29, 1.82) is 0 Å². The van der Waals surface area contributed by atoms with E-state index in [1.54, 1.807) is 0 Å². The Kier molecular flexibility index (Phi) is 4.92. The third kappa shape index (κ3) is 3.54. The lowest BCUT2D eigenvalue weighted by Gasteiger charge is -2.27. The Morgan fingerprint density at radius 1 is 0.967 bits per heavy atom. The largest absolute Gasteiger partial charge is 0.357 e. The molecular formula is C27H29N3. The highest BCUT2D eigenvalue weighted by Gasteiger charge is 2.25. The molecule has 0 saturated heterocycles. The minimum Gasteiger partial charge on any atom is -0.357 e. The zero-order chi connectivity index (χ0) is 20.7. The molecule has 4 aromatic rings. The summed E-state index contributed by atoms with van der Waals surface area (Å²) >= 11 is 0. The van der Waals surface area contributed by atoms with Gasteiger partial charge < -0.3 is 10.3 Å². The van der Waals surface area contributed by atoms with Gasteiger partial charge in [-0.05, 0) is 86.6 Å². The van der Waals surface area contributed by atoms with Crippen LogP contribution in [0.4, 0.5) is 0 Å². The fourth-order valence-electron chi connectivity index (χ4n) is 4.95. The standard InChI is InChI=1S/C27H29N3/c1-17-14-22(15-18(2)28-17)21-12-13-25-24(16-21)23-10-7-11-26(27(23)30-25)29-19(3)20-8-5-4-6-9-20/h4-6,8-9,12-16,19,26,29-30H,7,10-11H2,1-3H3. The minimum atomic E-state index is 0.326. The first kappa shape index (κ1) is 19.1. The van der Waals surface area contributed by atoms with Crippen LogP contribution in [-0.2, 0) is 6.42 Å². The fourth-order valence-corrected chi connectivity index (χ4v) is 4.95. The maximum atomic E-state index is 4.53. The molecule has 1 aliphatic carbocycles. The third-order valence-electron chi connectivity index (χ3n) is 6.37. The summed E-state index contributed by atoms with van der Waals surface area (Å²) in [5.74, 6) is 0. The van der Waals surface area contributed by atoms with Crippen molar-refractivity contribution in [2.75, 3.05) is 0 Å². The van der Waals surface area contributed by atoms with E-state index in [-0.39, 0.29) is 0 Å². The molecule has 2 aromatic carbocycles. The molecule has 1 aliphatic rings. The van der Waals surface area contributed by atoms with Gasteiger partial charge >= 0.3 is 0 Å². The van der Waals surface area contributed by atoms with Crippen LogP contribution in [0.2, 0.25) is 0 Å². The minimum absolute atomic E-state index is 0.326. The van der Waals surface area contributed by atoms with Gasteiger partial charge in [-0.15, -0.1) is 0 Å². The molecule has 2 N–H and O–H groups in total.